The first kappa shape index (κ1) is 40.0. The Labute approximate surface area is 304 Å². The lowest BCUT2D eigenvalue weighted by atomic mass is 9.72. The highest BCUT2D eigenvalue weighted by atomic mass is 16.5. The van der Waals surface area contributed by atoms with Crippen molar-refractivity contribution in [2.45, 2.75) is 129 Å². The van der Waals surface area contributed by atoms with Crippen LogP contribution in [0.1, 0.15) is 92.6 Å². The van der Waals surface area contributed by atoms with Gasteiger partial charge in [0.1, 0.15) is 17.6 Å². The number of ether oxygens (including phenoxy) is 1. The zero-order chi connectivity index (χ0) is 37.3. The van der Waals surface area contributed by atoms with E-state index in [0.29, 0.717) is 30.6 Å². The number of benzene rings is 2. The molecule has 1 saturated heterocycles. The number of β-amino-alcohol motifs (C(OH)–C–C–N with tert-alkyl or cyclic N) is 1. The molecule has 10 nitrogen and oxygen atoms in total. The van der Waals surface area contributed by atoms with Gasteiger partial charge in [0.2, 0.25) is 11.8 Å². The first-order valence-corrected chi connectivity index (χ1v) is 18.7. The third-order valence-corrected chi connectivity index (χ3v) is 10.2. The summed E-state index contributed by atoms with van der Waals surface area (Å²) in [6.45, 7) is 13.3. The molecule has 10 heteroatoms. The van der Waals surface area contributed by atoms with Crippen molar-refractivity contribution >= 4 is 23.5 Å². The zero-order valence-electron chi connectivity index (χ0n) is 31.6. The van der Waals surface area contributed by atoms with E-state index in [0.717, 1.165) is 24.8 Å². The van der Waals surface area contributed by atoms with Gasteiger partial charge in [-0.25, -0.2) is 0 Å². The van der Waals surface area contributed by atoms with E-state index in [1.54, 1.807) is 32.9 Å². The maximum absolute atomic E-state index is 14.2. The standard InChI is InChI=1S/C41H60N4O6/c1-27(22-28(2)46)36(43-39(50)41(6,7)51-32-20-12-9-13-21-32)38(49)42-33(23-29-16-10-8-11-17-29)35(47)26-45-25-31-19-15-14-18-30(31)24-34(45)37(48)44-40(3,4)5/h8-13,16-17,20-21,27,30-31,33-36,47H,14-15,18-19,22-26H2,1-7H3,(H,42,49)(H,43,50)(H,44,48)/t27?,30-,31?,33?,34?,35+,36-/m0/s1. The van der Waals surface area contributed by atoms with E-state index >= 15 is 0 Å². The van der Waals surface area contributed by atoms with Crippen LogP contribution in [-0.4, -0.2) is 82.0 Å². The molecular formula is C41H60N4O6. The minimum Gasteiger partial charge on any atom is -0.478 e. The highest BCUT2D eigenvalue weighted by Crippen LogP contribution is 2.39. The van der Waals surface area contributed by atoms with E-state index in [-0.39, 0.29) is 30.7 Å². The average Bonchev–Trinajstić information content (AvgIpc) is 3.05. The van der Waals surface area contributed by atoms with Crippen LogP contribution >= 0.6 is 0 Å². The van der Waals surface area contributed by atoms with Crippen LogP contribution in [0.5, 0.6) is 5.75 Å². The number of para-hydroxylation sites is 1. The predicted molar refractivity (Wildman–Crippen MR) is 199 cm³/mol. The number of hydrogen-bond donors (Lipinski definition) is 4. The van der Waals surface area contributed by atoms with Gasteiger partial charge < -0.3 is 30.6 Å². The minimum atomic E-state index is -1.33. The highest BCUT2D eigenvalue weighted by molar-refractivity contribution is 5.92. The van der Waals surface area contributed by atoms with Gasteiger partial charge in [-0.1, -0.05) is 74.7 Å². The SMILES string of the molecule is CC(=O)CC(C)[C@H](NC(=O)C(C)(C)Oc1ccccc1)C(=O)NC(Cc1ccccc1)[C@H](O)CN1CC2CCCC[C@H]2CC1C(=O)NC(C)(C)C. The molecule has 7 atom stereocenters. The van der Waals surface area contributed by atoms with E-state index in [4.69, 9.17) is 4.74 Å². The Morgan fingerprint density at radius 1 is 0.902 bits per heavy atom. The molecule has 4 unspecified atom stereocenters. The molecule has 4 rings (SSSR count). The molecule has 0 aromatic heterocycles. The average molecular weight is 705 g/mol. The van der Waals surface area contributed by atoms with Crippen molar-refractivity contribution in [2.75, 3.05) is 13.1 Å². The first-order chi connectivity index (χ1) is 24.0. The summed E-state index contributed by atoms with van der Waals surface area (Å²) in [6, 6.07) is 16.4. The maximum atomic E-state index is 14.2. The highest BCUT2D eigenvalue weighted by Gasteiger charge is 2.42. The number of rotatable bonds is 15. The number of aliphatic hydroxyl groups excluding tert-OH is 1. The Morgan fingerprint density at radius 3 is 2.12 bits per heavy atom. The molecule has 3 amide bonds. The van der Waals surface area contributed by atoms with Gasteiger partial charge in [0, 0.05) is 25.0 Å². The van der Waals surface area contributed by atoms with E-state index < -0.39 is 47.1 Å². The Kier molecular flexibility index (Phi) is 13.8. The molecular weight excluding hydrogens is 644 g/mol. The quantitative estimate of drug-likeness (QED) is 0.209. The Morgan fingerprint density at radius 2 is 1.51 bits per heavy atom. The van der Waals surface area contributed by atoms with E-state index in [1.165, 1.54) is 19.8 Å². The van der Waals surface area contributed by atoms with Crippen molar-refractivity contribution in [3.8, 4) is 5.75 Å². The lowest BCUT2D eigenvalue weighted by Gasteiger charge is -2.47. The van der Waals surface area contributed by atoms with Gasteiger partial charge in [0.15, 0.2) is 5.60 Å². The molecule has 4 N–H and O–H groups in total. The summed E-state index contributed by atoms with van der Waals surface area (Å²) in [4.78, 5) is 55.9. The summed E-state index contributed by atoms with van der Waals surface area (Å²) in [6.07, 6.45) is 4.69. The number of piperidine rings is 1. The predicted octanol–water partition coefficient (Wildman–Crippen LogP) is 4.83. The van der Waals surface area contributed by atoms with Gasteiger partial charge in [-0.15, -0.1) is 0 Å². The largest absolute Gasteiger partial charge is 0.478 e. The number of Topliss-reactive ketones (excluding diaryl/α,β-unsaturated/α-hetero) is 1. The fraction of sp³-hybridized carbons (Fsp3) is 0.610. The van der Waals surface area contributed by atoms with Crippen LogP contribution in [0.25, 0.3) is 0 Å². The summed E-state index contributed by atoms with van der Waals surface area (Å²) >= 11 is 0. The molecule has 0 radical (unpaired) electrons. The molecule has 1 aliphatic carbocycles. The second-order valence-corrected chi connectivity index (χ2v) is 16.4. The number of nitrogens with zero attached hydrogens (tertiary/aromatic N) is 1. The second kappa shape index (κ2) is 17.6. The summed E-state index contributed by atoms with van der Waals surface area (Å²) in [5.74, 6) is -0.252. The molecule has 0 bridgehead atoms. The summed E-state index contributed by atoms with van der Waals surface area (Å²) < 4.78 is 6.00. The molecule has 2 fully saturated rings. The van der Waals surface area contributed by atoms with Gasteiger partial charge in [0.25, 0.3) is 5.91 Å². The number of likely N-dealkylation sites (tertiary alicyclic amines) is 1. The van der Waals surface area contributed by atoms with Crippen molar-refractivity contribution in [2.24, 2.45) is 17.8 Å². The fourth-order valence-electron chi connectivity index (χ4n) is 7.60. The molecule has 51 heavy (non-hydrogen) atoms. The van der Waals surface area contributed by atoms with Crippen LogP contribution in [0.4, 0.5) is 0 Å². The Balaban J connectivity index is 1.58. The van der Waals surface area contributed by atoms with Gasteiger partial charge in [-0.05, 0) is 96.3 Å². The summed E-state index contributed by atoms with van der Waals surface area (Å²) in [7, 11) is 0. The van der Waals surface area contributed by atoms with Gasteiger partial charge in [-0.3, -0.25) is 19.3 Å². The van der Waals surface area contributed by atoms with E-state index in [1.807, 2.05) is 69.3 Å². The van der Waals surface area contributed by atoms with E-state index in [2.05, 4.69) is 20.9 Å². The number of carbonyl (C=O) groups is 4. The summed E-state index contributed by atoms with van der Waals surface area (Å²) in [5, 5.41) is 21.1. The first-order valence-electron chi connectivity index (χ1n) is 18.7. The molecule has 1 aliphatic heterocycles. The van der Waals surface area contributed by atoms with Crippen LogP contribution in [0, 0.1) is 17.8 Å². The number of carbonyl (C=O) groups excluding carboxylic acids is 4. The van der Waals surface area contributed by atoms with E-state index in [9.17, 15) is 24.3 Å². The minimum absolute atomic E-state index is 0.0384. The number of nitrogens with one attached hydrogen (secondary N) is 3. The molecule has 2 aliphatic rings. The third-order valence-electron chi connectivity index (χ3n) is 10.2. The van der Waals surface area contributed by atoms with Gasteiger partial charge in [-0.2, -0.15) is 0 Å². The van der Waals surface area contributed by atoms with Crippen LogP contribution in [0.3, 0.4) is 0 Å². The monoisotopic (exact) mass is 704 g/mol. The molecule has 1 heterocycles. The van der Waals surface area contributed by atoms with Crippen LogP contribution in [0.15, 0.2) is 60.7 Å². The van der Waals surface area contributed by atoms with Crippen molar-refractivity contribution in [1.29, 1.82) is 0 Å². The Hall–Kier alpha value is -3.76. The smallest absolute Gasteiger partial charge is 0.264 e. The maximum Gasteiger partial charge on any atom is 0.264 e. The fourth-order valence-corrected chi connectivity index (χ4v) is 7.60. The molecule has 2 aromatic rings. The number of hydrogen-bond acceptors (Lipinski definition) is 7. The molecule has 0 spiro atoms. The summed E-state index contributed by atoms with van der Waals surface area (Å²) in [5.41, 5.74) is -0.803. The lowest BCUT2D eigenvalue weighted by Crippen LogP contribution is -2.62. The molecule has 2 aromatic carbocycles. The number of fused-ring (bicyclic) bond motifs is 1. The third kappa shape index (κ3) is 11.9. The molecule has 280 valence electrons. The number of aliphatic hydroxyl groups is 1. The van der Waals surface area contributed by atoms with Crippen molar-refractivity contribution in [1.82, 2.24) is 20.9 Å². The van der Waals surface area contributed by atoms with Crippen LogP contribution in [0.2, 0.25) is 0 Å². The van der Waals surface area contributed by atoms with Gasteiger partial charge >= 0.3 is 0 Å². The number of ketones is 1. The normalized spacial score (nSPS) is 22.0. The molecule has 1 saturated carbocycles. The van der Waals surface area contributed by atoms with Crippen LogP contribution < -0.4 is 20.7 Å². The van der Waals surface area contributed by atoms with Gasteiger partial charge in [0.05, 0.1) is 18.2 Å². The van der Waals surface area contributed by atoms with Crippen molar-refractivity contribution in [3.05, 3.63) is 66.2 Å². The lowest BCUT2D eigenvalue weighted by molar-refractivity contribution is -0.139. The zero-order valence-corrected chi connectivity index (χ0v) is 31.6. The van der Waals surface area contributed by atoms with Crippen molar-refractivity contribution in [3.63, 3.8) is 0 Å². The number of amides is 3. The van der Waals surface area contributed by atoms with Crippen LogP contribution in [-0.2, 0) is 25.6 Å². The Bertz CT molecular complexity index is 1460. The topological polar surface area (TPSA) is 137 Å². The van der Waals surface area contributed by atoms with Crippen molar-refractivity contribution < 1.29 is 29.0 Å². The second-order valence-electron chi connectivity index (χ2n) is 16.4.